The smallest absolute Gasteiger partial charge is 0.512 e. The van der Waals surface area contributed by atoms with Gasteiger partial charge in [-0.3, -0.25) is 23.1 Å². The average Bonchev–Trinajstić information content (AvgIpc) is 2.99. The van der Waals surface area contributed by atoms with Gasteiger partial charge in [0.15, 0.2) is 0 Å². The van der Waals surface area contributed by atoms with Crippen molar-refractivity contribution in [1.29, 1.82) is 5.26 Å². The van der Waals surface area contributed by atoms with E-state index in [1.807, 2.05) is 42.5 Å². The number of pyridine rings is 3. The quantitative estimate of drug-likeness (QED) is 0.169. The van der Waals surface area contributed by atoms with Gasteiger partial charge in [-0.25, -0.2) is 0 Å². The molecule has 3 aromatic heterocycles. The molecule has 0 amide bonds. The van der Waals surface area contributed by atoms with Crippen LogP contribution in [0.3, 0.4) is 0 Å². The first-order chi connectivity index (χ1) is 19.7. The van der Waals surface area contributed by atoms with Gasteiger partial charge in [-0.15, -0.1) is 35.9 Å². The van der Waals surface area contributed by atoms with Gasteiger partial charge in [-0.2, -0.15) is 0 Å². The van der Waals surface area contributed by atoms with Gasteiger partial charge in [0.05, 0.1) is 11.6 Å². The Hall–Kier alpha value is -4.18. The maximum absolute atomic E-state index is 14.4. The summed E-state index contributed by atoms with van der Waals surface area (Å²) in [6.07, 6.45) is 4.98. The van der Waals surface area contributed by atoms with Crippen LogP contribution in [0.1, 0.15) is 50.7 Å². The number of benzene rings is 2. The van der Waals surface area contributed by atoms with Gasteiger partial charge in [-0.05, 0) is 46.9 Å². The predicted molar refractivity (Wildman–Crippen MR) is 153 cm³/mol. The first-order valence-corrected chi connectivity index (χ1v) is 12.9. The van der Waals surface area contributed by atoms with Crippen molar-refractivity contribution in [2.24, 2.45) is 0 Å². The summed E-state index contributed by atoms with van der Waals surface area (Å²) in [5.41, 5.74) is 4.87. The minimum absolute atomic E-state index is 0. The fourth-order valence-corrected chi connectivity index (χ4v) is 3.85. The summed E-state index contributed by atoms with van der Waals surface area (Å²) in [5.74, 6) is -1.08. The molecule has 0 fully saturated rings. The van der Waals surface area contributed by atoms with E-state index in [2.05, 4.69) is 54.8 Å². The number of rotatable bonds is 5. The summed E-state index contributed by atoms with van der Waals surface area (Å²) in [7, 11) is 0. The van der Waals surface area contributed by atoms with Gasteiger partial charge in [0.2, 0.25) is 0 Å². The number of hydrogen-bond donors (Lipinski definition) is 0. The van der Waals surface area contributed by atoms with Crippen molar-refractivity contribution in [3.63, 3.8) is 0 Å². The monoisotopic (exact) mass is 742 g/mol. The Morgan fingerprint density at radius 3 is 1.62 bits per heavy atom. The Labute approximate surface area is 258 Å². The van der Waals surface area contributed by atoms with Crippen LogP contribution in [0.5, 0.6) is 0 Å². The Morgan fingerprint density at radius 1 is 0.667 bits per heavy atom. The standard InChI is InChI=1S/C22H21F2N2.C11H7FN.CN.Ir/c1-13(2)15-5-7-25-21(9-15)17-11-18(20(24)12-19(17)23)22-10-16(14(3)4)6-8-26-22;12-10-6-4-9(5-7-10)11-3-1-2-8-13-11;1-2;/h5-10,12-14H,1-4H3;1-4,6-8H;;/q3*-1;+3. The van der Waals surface area contributed by atoms with E-state index in [1.54, 1.807) is 24.7 Å². The number of nitrogens with zero attached hydrogens (tertiary/aromatic N) is 4. The summed E-state index contributed by atoms with van der Waals surface area (Å²) in [6, 6.07) is 24.0. The Morgan fingerprint density at radius 2 is 1.19 bits per heavy atom. The van der Waals surface area contributed by atoms with Crippen LogP contribution in [-0.4, -0.2) is 15.0 Å². The molecule has 0 aliphatic carbocycles. The van der Waals surface area contributed by atoms with Crippen molar-refractivity contribution in [3.8, 4) is 33.8 Å². The second kappa shape index (κ2) is 16.3. The summed E-state index contributed by atoms with van der Waals surface area (Å²) in [4.78, 5) is 12.6. The second-order valence-electron chi connectivity index (χ2n) is 9.61. The molecule has 214 valence electrons. The molecule has 4 nitrogen and oxygen atoms in total. The Balaban J connectivity index is 0.000000324. The van der Waals surface area contributed by atoms with Crippen molar-refractivity contribution in [2.75, 3.05) is 0 Å². The minimum Gasteiger partial charge on any atom is -0.512 e. The van der Waals surface area contributed by atoms with E-state index in [1.165, 1.54) is 12.1 Å². The van der Waals surface area contributed by atoms with E-state index >= 15 is 0 Å². The first kappa shape index (κ1) is 34.0. The number of aromatic nitrogens is 3. The molecule has 0 aliphatic heterocycles. The molecule has 2 aromatic carbocycles. The summed E-state index contributed by atoms with van der Waals surface area (Å²) in [5, 5.41) is 6.25. The molecule has 5 rings (SSSR count). The van der Waals surface area contributed by atoms with Crippen molar-refractivity contribution >= 4 is 0 Å². The van der Waals surface area contributed by atoms with Gasteiger partial charge in [0.1, 0.15) is 0 Å². The van der Waals surface area contributed by atoms with Crippen LogP contribution in [0, 0.1) is 41.4 Å². The number of hydrogen-bond acceptors (Lipinski definition) is 4. The van der Waals surface area contributed by atoms with E-state index in [0.29, 0.717) is 11.4 Å². The van der Waals surface area contributed by atoms with Crippen LogP contribution in [-0.2, 0) is 20.1 Å². The zero-order valence-corrected chi connectivity index (χ0v) is 25.9. The molecule has 42 heavy (non-hydrogen) atoms. The topological polar surface area (TPSA) is 62.5 Å². The summed E-state index contributed by atoms with van der Waals surface area (Å²) >= 11 is 0. The van der Waals surface area contributed by atoms with Crippen molar-refractivity contribution in [1.82, 2.24) is 15.0 Å². The molecule has 8 heteroatoms. The number of halogens is 3. The third-order valence-corrected chi connectivity index (χ3v) is 6.11. The van der Waals surface area contributed by atoms with Gasteiger partial charge in [-0.1, -0.05) is 69.2 Å². The largest absolute Gasteiger partial charge is 3.00 e. The molecule has 0 radical (unpaired) electrons. The van der Waals surface area contributed by atoms with E-state index in [-0.39, 0.29) is 48.9 Å². The minimum atomic E-state index is -0.681. The van der Waals surface area contributed by atoms with Crippen LogP contribution in [0.25, 0.3) is 33.8 Å². The zero-order chi connectivity index (χ0) is 29.9. The molecule has 0 saturated heterocycles. The maximum Gasteiger partial charge on any atom is 3.00 e. The molecule has 0 unspecified atom stereocenters. The molecule has 0 spiro atoms. The maximum atomic E-state index is 14.4. The molecular formula is C34H28F3IrN4. The van der Waals surface area contributed by atoms with E-state index in [9.17, 15) is 13.2 Å². The molecule has 0 atom stereocenters. The Kier molecular flexibility index (Phi) is 13.2. The average molecular weight is 742 g/mol. The van der Waals surface area contributed by atoms with Crippen LogP contribution in [0.15, 0.2) is 85.3 Å². The Bertz CT molecular complexity index is 1520. The summed E-state index contributed by atoms with van der Waals surface area (Å²) < 4.78 is 41.4. The predicted octanol–water partition coefficient (Wildman–Crippen LogP) is 8.92. The first-order valence-electron chi connectivity index (χ1n) is 12.9. The molecule has 0 saturated carbocycles. The van der Waals surface area contributed by atoms with E-state index < -0.39 is 11.6 Å². The third-order valence-electron chi connectivity index (χ3n) is 6.11. The van der Waals surface area contributed by atoms with E-state index in [0.717, 1.165) is 28.5 Å². The van der Waals surface area contributed by atoms with Crippen LogP contribution < -0.4 is 0 Å². The fraction of sp³-hybridized carbons (Fsp3) is 0.176. The van der Waals surface area contributed by atoms with Gasteiger partial charge >= 0.3 is 20.1 Å². The van der Waals surface area contributed by atoms with Gasteiger partial charge in [0, 0.05) is 35.8 Å². The SMILES string of the molecule is CC(C)c1ccnc(-c2[c-]c(-c3cc(C(C)C)ccn3)c(F)cc2F)c1.Fc1c[c-]c(-c2ccccn2)cc1.[C-]#N.[Ir+3]. The van der Waals surface area contributed by atoms with Crippen molar-refractivity contribution in [2.45, 2.75) is 39.5 Å². The summed E-state index contributed by atoms with van der Waals surface area (Å²) in [6.45, 7) is 13.0. The van der Waals surface area contributed by atoms with Crippen LogP contribution in [0.2, 0.25) is 0 Å². The van der Waals surface area contributed by atoms with Crippen molar-refractivity contribution in [3.05, 3.63) is 133 Å². The normalized spacial score (nSPS) is 10.2. The zero-order valence-electron chi connectivity index (χ0n) is 23.5. The van der Waals surface area contributed by atoms with E-state index in [4.69, 9.17) is 11.8 Å². The van der Waals surface area contributed by atoms with Gasteiger partial charge in [0.25, 0.3) is 0 Å². The molecule has 5 aromatic rings. The van der Waals surface area contributed by atoms with Gasteiger partial charge < -0.3 is 16.8 Å². The molecule has 3 heterocycles. The molecule has 0 aliphatic rings. The van der Waals surface area contributed by atoms with Crippen LogP contribution in [0.4, 0.5) is 13.2 Å². The molecular weight excluding hydrogens is 714 g/mol. The molecule has 0 N–H and O–H groups in total. The molecule has 0 bridgehead atoms. The van der Waals surface area contributed by atoms with Crippen LogP contribution >= 0.6 is 0 Å². The second-order valence-corrected chi connectivity index (χ2v) is 9.61. The van der Waals surface area contributed by atoms with Crippen molar-refractivity contribution < 1.29 is 33.3 Å². The fourth-order valence-electron chi connectivity index (χ4n) is 3.85. The third kappa shape index (κ3) is 8.91.